The maximum absolute atomic E-state index is 13.6. The number of fused-ring (bicyclic) bond motifs is 1. The van der Waals surface area contributed by atoms with Crippen LogP contribution in [0.15, 0.2) is 77.7 Å². The second kappa shape index (κ2) is 9.67. The van der Waals surface area contributed by atoms with Crippen molar-refractivity contribution in [2.45, 2.75) is 37.1 Å². The van der Waals surface area contributed by atoms with Gasteiger partial charge >= 0.3 is 0 Å². The molecular weight excluding hydrogens is 436 g/mol. The predicted octanol–water partition coefficient (Wildman–Crippen LogP) is 4.39. The van der Waals surface area contributed by atoms with E-state index in [2.05, 4.69) is 11.4 Å². The lowest BCUT2D eigenvalue weighted by Crippen LogP contribution is -2.42. The van der Waals surface area contributed by atoms with Gasteiger partial charge in [-0.05, 0) is 61.6 Å². The quantitative estimate of drug-likeness (QED) is 0.563. The number of sulfonamides is 1. The van der Waals surface area contributed by atoms with Crippen LogP contribution in [0.4, 0.5) is 5.69 Å². The molecule has 33 heavy (non-hydrogen) atoms. The molecule has 0 saturated carbocycles. The lowest BCUT2D eigenvalue weighted by atomic mass is 9.88. The molecule has 0 aromatic heterocycles. The van der Waals surface area contributed by atoms with Gasteiger partial charge in [-0.2, -0.15) is 0 Å². The summed E-state index contributed by atoms with van der Waals surface area (Å²) in [6.07, 6.45) is 2.79. The number of carbonyl (C=O) groups excluding carboxylic acids is 1. The molecule has 0 aliphatic heterocycles. The normalized spacial score (nSPS) is 15.4. The van der Waals surface area contributed by atoms with E-state index in [1.807, 2.05) is 25.1 Å². The average molecular weight is 465 g/mol. The van der Waals surface area contributed by atoms with Gasteiger partial charge in [-0.3, -0.25) is 9.10 Å². The van der Waals surface area contributed by atoms with Gasteiger partial charge < -0.3 is 10.1 Å². The molecule has 0 radical (unpaired) electrons. The van der Waals surface area contributed by atoms with Gasteiger partial charge in [0.1, 0.15) is 12.3 Å². The number of hydrogen-bond acceptors (Lipinski definition) is 4. The van der Waals surface area contributed by atoms with E-state index in [4.69, 9.17) is 4.74 Å². The third-order valence-electron chi connectivity index (χ3n) is 5.94. The molecule has 172 valence electrons. The molecule has 0 saturated heterocycles. The topological polar surface area (TPSA) is 75.7 Å². The fourth-order valence-electron chi connectivity index (χ4n) is 4.19. The lowest BCUT2D eigenvalue weighted by molar-refractivity contribution is -0.120. The SMILES string of the molecule is COc1cccc(N(CC(=O)N[C@@H]2CCCc3ccccc32)S(=O)(=O)c2ccc(C)cc2)c1. The van der Waals surface area contributed by atoms with E-state index < -0.39 is 10.0 Å². The zero-order chi connectivity index (χ0) is 23.4. The third kappa shape index (κ3) is 5.03. The van der Waals surface area contributed by atoms with Crippen LogP contribution in [0.1, 0.15) is 35.6 Å². The third-order valence-corrected chi connectivity index (χ3v) is 7.73. The molecule has 1 N–H and O–H groups in total. The van der Waals surface area contributed by atoms with Crippen LogP contribution in [0.3, 0.4) is 0 Å². The zero-order valence-electron chi connectivity index (χ0n) is 18.8. The molecular formula is C26H28N2O4S. The Kier molecular flexibility index (Phi) is 6.70. The van der Waals surface area contributed by atoms with E-state index in [-0.39, 0.29) is 23.4 Å². The average Bonchev–Trinajstić information content (AvgIpc) is 2.83. The fraction of sp³-hybridized carbons (Fsp3) is 0.269. The van der Waals surface area contributed by atoms with E-state index in [0.29, 0.717) is 11.4 Å². The fourth-order valence-corrected chi connectivity index (χ4v) is 5.61. The summed E-state index contributed by atoms with van der Waals surface area (Å²) in [5.74, 6) is 0.161. The van der Waals surface area contributed by atoms with Crippen molar-refractivity contribution in [2.24, 2.45) is 0 Å². The first-order valence-electron chi connectivity index (χ1n) is 11.0. The van der Waals surface area contributed by atoms with Crippen molar-refractivity contribution in [3.8, 4) is 5.75 Å². The minimum Gasteiger partial charge on any atom is -0.497 e. The Bertz CT molecular complexity index is 1240. The van der Waals surface area contributed by atoms with Gasteiger partial charge in [-0.25, -0.2) is 8.42 Å². The number of hydrogen-bond donors (Lipinski definition) is 1. The Morgan fingerprint density at radius 1 is 1.06 bits per heavy atom. The smallest absolute Gasteiger partial charge is 0.264 e. The number of carbonyl (C=O) groups is 1. The second-order valence-electron chi connectivity index (χ2n) is 8.24. The first kappa shape index (κ1) is 22.9. The van der Waals surface area contributed by atoms with Crippen LogP contribution in [-0.4, -0.2) is 28.0 Å². The van der Waals surface area contributed by atoms with Crippen molar-refractivity contribution < 1.29 is 17.9 Å². The summed E-state index contributed by atoms with van der Waals surface area (Å²) in [7, 11) is -2.46. The first-order chi connectivity index (χ1) is 15.9. The van der Waals surface area contributed by atoms with Crippen LogP contribution < -0.4 is 14.4 Å². The van der Waals surface area contributed by atoms with E-state index >= 15 is 0 Å². The highest BCUT2D eigenvalue weighted by atomic mass is 32.2. The molecule has 3 aromatic carbocycles. The van der Waals surface area contributed by atoms with Crippen molar-refractivity contribution >= 4 is 21.6 Å². The number of nitrogens with one attached hydrogen (secondary N) is 1. The van der Waals surface area contributed by atoms with Gasteiger partial charge in [-0.1, -0.05) is 48.0 Å². The summed E-state index contributed by atoms with van der Waals surface area (Å²) < 4.78 is 33.6. The summed E-state index contributed by atoms with van der Waals surface area (Å²) in [4.78, 5) is 13.3. The minimum absolute atomic E-state index is 0.128. The summed E-state index contributed by atoms with van der Waals surface area (Å²) >= 11 is 0. The van der Waals surface area contributed by atoms with Crippen LogP contribution in [0.5, 0.6) is 5.75 Å². The molecule has 0 unspecified atom stereocenters. The number of rotatable bonds is 7. The van der Waals surface area contributed by atoms with Crippen LogP contribution >= 0.6 is 0 Å². The molecule has 6 nitrogen and oxygen atoms in total. The highest BCUT2D eigenvalue weighted by molar-refractivity contribution is 7.92. The van der Waals surface area contributed by atoms with Crippen LogP contribution in [0, 0.1) is 6.92 Å². The van der Waals surface area contributed by atoms with Gasteiger partial charge in [0.15, 0.2) is 0 Å². The maximum Gasteiger partial charge on any atom is 0.264 e. The van der Waals surface area contributed by atoms with Crippen molar-refractivity contribution in [3.05, 3.63) is 89.5 Å². The molecule has 0 heterocycles. The van der Waals surface area contributed by atoms with Gasteiger partial charge in [0.2, 0.25) is 5.91 Å². The summed E-state index contributed by atoms with van der Waals surface area (Å²) in [6, 6.07) is 21.3. The molecule has 4 rings (SSSR count). The molecule has 1 atom stereocenters. The van der Waals surface area contributed by atoms with E-state index in [9.17, 15) is 13.2 Å². The molecule has 1 aliphatic carbocycles. The van der Waals surface area contributed by atoms with Gasteiger partial charge in [0.25, 0.3) is 10.0 Å². The van der Waals surface area contributed by atoms with Crippen molar-refractivity contribution in [2.75, 3.05) is 18.0 Å². The standard InChI is InChI=1S/C26H28N2O4S/c1-19-13-15-23(16-14-19)33(30,31)28(21-9-6-10-22(17-21)32-2)18-26(29)27-25-12-5-8-20-7-3-4-11-24(20)25/h3-4,6-7,9-11,13-17,25H,5,8,12,18H2,1-2H3,(H,27,29)/t25-/m1/s1. The monoisotopic (exact) mass is 464 g/mol. The van der Waals surface area contributed by atoms with E-state index in [1.165, 1.54) is 12.7 Å². The number of aryl methyl sites for hydroxylation is 2. The molecule has 0 fully saturated rings. The van der Waals surface area contributed by atoms with Crippen LogP contribution in [0.25, 0.3) is 0 Å². The first-order valence-corrected chi connectivity index (χ1v) is 12.4. The Labute approximate surface area is 195 Å². The largest absolute Gasteiger partial charge is 0.497 e. The van der Waals surface area contributed by atoms with Gasteiger partial charge in [0.05, 0.1) is 23.7 Å². The van der Waals surface area contributed by atoms with E-state index in [0.717, 1.165) is 34.7 Å². The highest BCUT2D eigenvalue weighted by Crippen LogP contribution is 2.30. The van der Waals surface area contributed by atoms with Gasteiger partial charge in [0, 0.05) is 6.07 Å². The van der Waals surface area contributed by atoms with Crippen molar-refractivity contribution in [3.63, 3.8) is 0 Å². The van der Waals surface area contributed by atoms with Crippen molar-refractivity contribution in [1.82, 2.24) is 5.32 Å². The number of nitrogens with zero attached hydrogens (tertiary/aromatic N) is 1. The number of methoxy groups -OCH3 is 1. The van der Waals surface area contributed by atoms with Gasteiger partial charge in [-0.15, -0.1) is 0 Å². The Hall–Kier alpha value is -3.32. The molecule has 1 amide bonds. The Morgan fingerprint density at radius 2 is 1.82 bits per heavy atom. The number of anilines is 1. The molecule has 1 aliphatic rings. The maximum atomic E-state index is 13.6. The molecule has 0 bridgehead atoms. The molecule has 7 heteroatoms. The molecule has 3 aromatic rings. The number of benzene rings is 3. The number of amides is 1. The van der Waals surface area contributed by atoms with E-state index in [1.54, 1.807) is 48.5 Å². The van der Waals surface area contributed by atoms with Crippen LogP contribution in [-0.2, 0) is 21.2 Å². The summed E-state index contributed by atoms with van der Waals surface area (Å²) in [6.45, 7) is 1.56. The zero-order valence-corrected chi connectivity index (χ0v) is 19.6. The van der Waals surface area contributed by atoms with Crippen molar-refractivity contribution in [1.29, 1.82) is 0 Å². The number of ether oxygens (including phenoxy) is 1. The Morgan fingerprint density at radius 3 is 2.58 bits per heavy atom. The molecule has 0 spiro atoms. The second-order valence-corrected chi connectivity index (χ2v) is 10.1. The summed E-state index contributed by atoms with van der Waals surface area (Å²) in [5, 5.41) is 3.06. The highest BCUT2D eigenvalue weighted by Gasteiger charge is 2.29. The lowest BCUT2D eigenvalue weighted by Gasteiger charge is -2.29. The predicted molar refractivity (Wildman–Crippen MR) is 129 cm³/mol. The summed E-state index contributed by atoms with van der Waals surface area (Å²) in [5.41, 5.74) is 3.65. The Balaban J connectivity index is 1.64. The van der Waals surface area contributed by atoms with Crippen LogP contribution in [0.2, 0.25) is 0 Å². The minimum atomic E-state index is -3.98.